The number of ether oxygens (including phenoxy) is 8. The van der Waals surface area contributed by atoms with Crippen molar-refractivity contribution in [1.29, 1.82) is 0 Å². The van der Waals surface area contributed by atoms with Gasteiger partial charge in [-0.1, -0.05) is 19.1 Å². The normalized spacial score (nSPS) is 17.9. The molecule has 2 heterocycles. The van der Waals surface area contributed by atoms with E-state index in [0.717, 1.165) is 19.8 Å². The van der Waals surface area contributed by atoms with Crippen LogP contribution in [0.5, 0.6) is 0 Å². The first kappa shape index (κ1) is 34.4. The number of methoxy groups -OCH3 is 1. The molecule has 12 nitrogen and oxygen atoms in total. The van der Waals surface area contributed by atoms with Crippen molar-refractivity contribution < 1.29 is 57.1 Å². The van der Waals surface area contributed by atoms with E-state index in [2.05, 4.69) is 29.6 Å². The van der Waals surface area contributed by atoms with Crippen LogP contribution in [-0.2, 0) is 47.5 Å². The molecule has 4 unspecified atom stereocenters. The minimum atomic E-state index is -0.832. The molecule has 0 N–H and O–H groups in total. The van der Waals surface area contributed by atoms with Crippen molar-refractivity contribution in [2.45, 2.75) is 39.1 Å². The standard InChI is InChI=1S/C13H22O7.C6H10O2.C3H6O.CO2/c1-5-6-17-7-10(2)8-18-13(15)20-11(3)9-19-12(14)16-4;1-2-3-7-4-6-5-8-6;1-3-2-4-3;2-1-3/h5,10-11H,1,6-9H2,2-4H3;2,6H,1,3-5H2;3H,2H2,1H3;. The number of epoxide rings is 2. The summed E-state index contributed by atoms with van der Waals surface area (Å²) in [5.41, 5.74) is 0. The highest BCUT2D eigenvalue weighted by Gasteiger charge is 2.21. The first-order valence-corrected chi connectivity index (χ1v) is 10.9. The predicted octanol–water partition coefficient (Wildman–Crippen LogP) is 2.56. The molecule has 35 heavy (non-hydrogen) atoms. The van der Waals surface area contributed by atoms with E-state index in [1.807, 2.05) is 6.92 Å². The molecule has 2 rings (SSSR count). The van der Waals surface area contributed by atoms with E-state index in [0.29, 0.717) is 32.0 Å². The summed E-state index contributed by atoms with van der Waals surface area (Å²) in [4.78, 5) is 38.3. The van der Waals surface area contributed by atoms with Gasteiger partial charge in [-0.25, -0.2) is 9.59 Å². The molecule has 2 saturated heterocycles. The molecule has 202 valence electrons. The lowest BCUT2D eigenvalue weighted by Gasteiger charge is -2.15. The number of carbonyl (C=O) groups excluding carboxylic acids is 4. The zero-order valence-electron chi connectivity index (χ0n) is 20.9. The molecule has 2 aliphatic heterocycles. The van der Waals surface area contributed by atoms with Crippen molar-refractivity contribution in [3.63, 3.8) is 0 Å². The van der Waals surface area contributed by atoms with E-state index < -0.39 is 18.4 Å². The summed E-state index contributed by atoms with van der Waals surface area (Å²) in [5, 5.41) is 0. The monoisotopic (exact) mass is 506 g/mol. The predicted molar refractivity (Wildman–Crippen MR) is 122 cm³/mol. The molecule has 2 aliphatic rings. The summed E-state index contributed by atoms with van der Waals surface area (Å²) in [5.74, 6) is 0.0455. The second-order valence-corrected chi connectivity index (χ2v) is 7.19. The van der Waals surface area contributed by atoms with Gasteiger partial charge in [0.2, 0.25) is 0 Å². The lowest BCUT2D eigenvalue weighted by Crippen LogP contribution is -2.24. The van der Waals surface area contributed by atoms with Crippen LogP contribution in [-0.4, -0.2) is 96.7 Å². The maximum absolute atomic E-state index is 11.3. The van der Waals surface area contributed by atoms with Gasteiger partial charge in [-0.3, -0.25) is 0 Å². The van der Waals surface area contributed by atoms with Gasteiger partial charge in [0, 0.05) is 5.92 Å². The minimum Gasteiger partial charge on any atom is -0.438 e. The van der Waals surface area contributed by atoms with E-state index in [4.69, 9.17) is 38.0 Å². The third-order valence-corrected chi connectivity index (χ3v) is 3.47. The summed E-state index contributed by atoms with van der Waals surface area (Å²) in [7, 11) is 1.19. The van der Waals surface area contributed by atoms with E-state index in [1.165, 1.54) is 7.11 Å². The molecule has 0 aromatic heterocycles. The highest BCUT2D eigenvalue weighted by molar-refractivity contribution is 5.60. The Balaban J connectivity index is 0. The fourth-order valence-electron chi connectivity index (χ4n) is 1.63. The van der Waals surface area contributed by atoms with E-state index in [9.17, 15) is 9.59 Å². The Kier molecular flexibility index (Phi) is 24.0. The third-order valence-electron chi connectivity index (χ3n) is 3.47. The summed E-state index contributed by atoms with van der Waals surface area (Å²) >= 11 is 0. The fraction of sp³-hybridized carbons (Fsp3) is 0.696. The SMILES string of the molecule is C=CCOCC(C)COC(=O)OC(C)COC(=O)OC.C=CCOCC1CO1.CC1CO1.O=C=O. The van der Waals surface area contributed by atoms with Gasteiger partial charge in [0.15, 0.2) is 0 Å². The second-order valence-electron chi connectivity index (χ2n) is 7.19. The summed E-state index contributed by atoms with van der Waals surface area (Å²) in [6.45, 7) is 16.8. The summed E-state index contributed by atoms with van der Waals surface area (Å²) < 4.78 is 38.6. The topological polar surface area (TPSA) is 149 Å². The van der Waals surface area contributed by atoms with Gasteiger partial charge in [0.25, 0.3) is 0 Å². The van der Waals surface area contributed by atoms with Gasteiger partial charge >= 0.3 is 18.5 Å². The van der Waals surface area contributed by atoms with Crippen LogP contribution in [0.2, 0.25) is 0 Å². The lowest BCUT2D eigenvalue weighted by molar-refractivity contribution is -0.191. The van der Waals surface area contributed by atoms with Crippen LogP contribution >= 0.6 is 0 Å². The van der Waals surface area contributed by atoms with E-state index in [-0.39, 0.29) is 25.3 Å². The Morgan fingerprint density at radius 3 is 1.94 bits per heavy atom. The van der Waals surface area contributed by atoms with Crippen LogP contribution in [0, 0.1) is 5.92 Å². The first-order valence-electron chi connectivity index (χ1n) is 10.9. The first-order chi connectivity index (χ1) is 16.7. The molecule has 0 bridgehead atoms. The molecule has 0 amide bonds. The van der Waals surface area contributed by atoms with E-state index >= 15 is 0 Å². The maximum Gasteiger partial charge on any atom is 0.508 e. The Morgan fingerprint density at radius 1 is 0.971 bits per heavy atom. The number of hydrogen-bond donors (Lipinski definition) is 0. The van der Waals surface area contributed by atoms with Crippen LogP contribution in [0.25, 0.3) is 0 Å². The molecule has 0 aromatic carbocycles. The molecule has 0 spiro atoms. The third kappa shape index (κ3) is 31.2. The van der Waals surface area contributed by atoms with Crippen molar-refractivity contribution in [3.05, 3.63) is 25.3 Å². The van der Waals surface area contributed by atoms with Crippen LogP contribution < -0.4 is 0 Å². The molecule has 0 radical (unpaired) electrons. The van der Waals surface area contributed by atoms with Gasteiger partial charge in [-0.15, -0.1) is 13.2 Å². The lowest BCUT2D eigenvalue weighted by atomic mass is 10.2. The van der Waals surface area contributed by atoms with Crippen molar-refractivity contribution in [2.75, 3.05) is 60.0 Å². The minimum absolute atomic E-state index is 0.0455. The number of carbonyl (C=O) groups is 2. The zero-order chi connectivity index (χ0) is 26.9. The molecule has 0 aliphatic carbocycles. The number of rotatable bonds is 13. The van der Waals surface area contributed by atoms with Gasteiger partial charge < -0.3 is 37.9 Å². The molecular weight excluding hydrogens is 468 g/mol. The Bertz CT molecular complexity index is 595. The quantitative estimate of drug-likeness (QED) is 0.156. The summed E-state index contributed by atoms with van der Waals surface area (Å²) in [6, 6.07) is 0. The van der Waals surface area contributed by atoms with Crippen LogP contribution in [0.1, 0.15) is 20.8 Å². The van der Waals surface area contributed by atoms with Gasteiger partial charge in [-0.2, -0.15) is 9.59 Å². The van der Waals surface area contributed by atoms with Gasteiger partial charge in [-0.05, 0) is 13.8 Å². The highest BCUT2D eigenvalue weighted by Crippen LogP contribution is 2.08. The Labute approximate surface area is 206 Å². The fourth-order valence-corrected chi connectivity index (χ4v) is 1.63. The Morgan fingerprint density at radius 2 is 1.49 bits per heavy atom. The van der Waals surface area contributed by atoms with Crippen LogP contribution in [0.15, 0.2) is 25.3 Å². The average Bonchev–Trinajstić information content (AvgIpc) is 3.76. The second kappa shape index (κ2) is 24.4. The van der Waals surface area contributed by atoms with Gasteiger partial charge in [0.05, 0.1) is 59.5 Å². The van der Waals surface area contributed by atoms with Crippen LogP contribution in [0.3, 0.4) is 0 Å². The Hall–Kier alpha value is -2.76. The van der Waals surface area contributed by atoms with E-state index in [1.54, 1.807) is 19.1 Å². The molecular formula is C23H38O12. The molecule has 0 aromatic rings. The van der Waals surface area contributed by atoms with Crippen molar-refractivity contribution in [2.24, 2.45) is 5.92 Å². The smallest absolute Gasteiger partial charge is 0.438 e. The van der Waals surface area contributed by atoms with Crippen molar-refractivity contribution in [3.8, 4) is 0 Å². The zero-order valence-corrected chi connectivity index (χ0v) is 20.9. The molecule has 12 heteroatoms. The van der Waals surface area contributed by atoms with Crippen molar-refractivity contribution >= 4 is 18.5 Å². The summed E-state index contributed by atoms with van der Waals surface area (Å²) in [6.07, 6.45) is 2.33. The maximum atomic E-state index is 11.3. The van der Waals surface area contributed by atoms with Gasteiger partial charge in [0.1, 0.15) is 18.8 Å². The number of hydrogen-bond acceptors (Lipinski definition) is 12. The molecule has 2 fully saturated rings. The highest BCUT2D eigenvalue weighted by atomic mass is 16.7. The van der Waals surface area contributed by atoms with Crippen LogP contribution in [0.4, 0.5) is 9.59 Å². The molecule has 4 atom stereocenters. The largest absolute Gasteiger partial charge is 0.508 e. The van der Waals surface area contributed by atoms with Crippen molar-refractivity contribution in [1.82, 2.24) is 0 Å². The molecule has 0 saturated carbocycles. The average molecular weight is 507 g/mol.